The van der Waals surface area contributed by atoms with Crippen molar-refractivity contribution in [3.05, 3.63) is 0 Å². The van der Waals surface area contributed by atoms with E-state index in [0.717, 1.165) is 11.8 Å². The van der Waals surface area contributed by atoms with Crippen molar-refractivity contribution in [2.45, 2.75) is 18.9 Å². The molecule has 1 saturated heterocycles. The van der Waals surface area contributed by atoms with Gasteiger partial charge in [0.1, 0.15) is 0 Å². The van der Waals surface area contributed by atoms with Crippen LogP contribution in [0.25, 0.3) is 0 Å². The van der Waals surface area contributed by atoms with Crippen LogP contribution in [0.15, 0.2) is 0 Å². The smallest absolute Gasteiger partial charge is 0.0103 e. The third kappa shape index (κ3) is 0.864. The van der Waals surface area contributed by atoms with Crippen molar-refractivity contribution in [3.63, 3.8) is 0 Å². The molecule has 3 N–H and O–H groups in total. The zero-order valence-corrected chi connectivity index (χ0v) is 5.64. The number of rotatable bonds is 0. The lowest BCUT2D eigenvalue weighted by Gasteiger charge is -1.98. The molecule has 0 spiro atoms. The van der Waals surface area contributed by atoms with Gasteiger partial charge in [-0.1, -0.05) is 0 Å². The van der Waals surface area contributed by atoms with Gasteiger partial charge in [0.05, 0.1) is 0 Å². The predicted molar refractivity (Wildman–Crippen MR) is 37.1 cm³/mol. The average molecular weight is 126 g/mol. The molecule has 0 aromatic heterocycles. The lowest BCUT2D eigenvalue weighted by atomic mass is 10.2. The van der Waals surface area contributed by atoms with Gasteiger partial charge in [0.15, 0.2) is 0 Å². The average Bonchev–Trinajstić information content (AvgIpc) is 2.51. The Kier molecular flexibility index (Phi) is 1.24. The van der Waals surface area contributed by atoms with Crippen LogP contribution in [0, 0.1) is 11.8 Å². The van der Waals surface area contributed by atoms with Crippen LogP contribution in [-0.4, -0.2) is 19.1 Å². The minimum atomic E-state index is 0.562. The largest absolute Gasteiger partial charge is 0.327 e. The summed E-state index contributed by atoms with van der Waals surface area (Å²) in [6, 6.07) is 0.562. The standard InChI is InChI=1S/C7H14N2/c8-7-5-1-3-9-4-2-6(5)7/h5-7,9H,1-4,8H2. The summed E-state index contributed by atoms with van der Waals surface area (Å²) in [5, 5.41) is 3.37. The van der Waals surface area contributed by atoms with E-state index in [1.165, 1.54) is 25.9 Å². The van der Waals surface area contributed by atoms with Crippen LogP contribution in [0.1, 0.15) is 12.8 Å². The molecule has 9 heavy (non-hydrogen) atoms. The minimum absolute atomic E-state index is 0.562. The fourth-order valence-corrected chi connectivity index (χ4v) is 1.95. The Morgan fingerprint density at radius 2 is 1.67 bits per heavy atom. The number of nitrogens with two attached hydrogens (primary N) is 1. The SMILES string of the molecule is NC1C2CCNCCC12. The Labute approximate surface area is 55.8 Å². The molecule has 0 bridgehead atoms. The molecule has 1 saturated carbocycles. The van der Waals surface area contributed by atoms with E-state index in [-0.39, 0.29) is 0 Å². The van der Waals surface area contributed by atoms with Crippen LogP contribution in [0.4, 0.5) is 0 Å². The summed E-state index contributed by atoms with van der Waals surface area (Å²) in [6.45, 7) is 2.38. The van der Waals surface area contributed by atoms with Gasteiger partial charge in [-0.2, -0.15) is 0 Å². The van der Waals surface area contributed by atoms with Gasteiger partial charge in [-0.15, -0.1) is 0 Å². The van der Waals surface area contributed by atoms with E-state index in [2.05, 4.69) is 5.32 Å². The van der Waals surface area contributed by atoms with Gasteiger partial charge < -0.3 is 11.1 Å². The molecule has 2 atom stereocenters. The number of hydrogen-bond donors (Lipinski definition) is 2. The fourth-order valence-electron chi connectivity index (χ4n) is 1.95. The molecule has 2 rings (SSSR count). The van der Waals surface area contributed by atoms with Crippen molar-refractivity contribution in [1.29, 1.82) is 0 Å². The summed E-state index contributed by atoms with van der Waals surface area (Å²) in [7, 11) is 0. The number of nitrogens with one attached hydrogen (secondary N) is 1. The van der Waals surface area contributed by atoms with E-state index < -0.39 is 0 Å². The second-order valence-electron chi connectivity index (χ2n) is 3.23. The van der Waals surface area contributed by atoms with Crippen molar-refractivity contribution in [1.82, 2.24) is 5.32 Å². The fraction of sp³-hybridized carbons (Fsp3) is 1.00. The normalized spacial score (nSPS) is 49.7. The molecule has 0 aromatic carbocycles. The molecule has 0 amide bonds. The molecule has 2 nitrogen and oxygen atoms in total. The molecule has 2 aliphatic rings. The molecule has 2 heteroatoms. The monoisotopic (exact) mass is 126 g/mol. The highest BCUT2D eigenvalue weighted by molar-refractivity contribution is 5.02. The first-order valence-corrected chi connectivity index (χ1v) is 3.86. The lowest BCUT2D eigenvalue weighted by molar-refractivity contribution is 0.626. The Bertz CT molecular complexity index is 101. The van der Waals surface area contributed by atoms with Gasteiger partial charge in [0.2, 0.25) is 0 Å². The first-order chi connectivity index (χ1) is 4.39. The topological polar surface area (TPSA) is 38.0 Å². The molecule has 0 radical (unpaired) electrons. The van der Waals surface area contributed by atoms with Gasteiger partial charge in [-0.05, 0) is 37.8 Å². The highest BCUT2D eigenvalue weighted by Gasteiger charge is 2.46. The Morgan fingerprint density at radius 3 is 2.22 bits per heavy atom. The maximum atomic E-state index is 5.81. The molecule has 1 aliphatic heterocycles. The highest BCUT2D eigenvalue weighted by Crippen LogP contribution is 2.42. The van der Waals surface area contributed by atoms with Crippen molar-refractivity contribution in [2.75, 3.05) is 13.1 Å². The molecule has 2 unspecified atom stereocenters. The summed E-state index contributed by atoms with van der Waals surface area (Å²) >= 11 is 0. The van der Waals surface area contributed by atoms with Crippen LogP contribution in [-0.2, 0) is 0 Å². The summed E-state index contributed by atoms with van der Waals surface area (Å²) in [5.41, 5.74) is 5.81. The van der Waals surface area contributed by atoms with Gasteiger partial charge in [-0.3, -0.25) is 0 Å². The van der Waals surface area contributed by atoms with Gasteiger partial charge in [0.25, 0.3) is 0 Å². The summed E-state index contributed by atoms with van der Waals surface area (Å²) in [6.07, 6.45) is 2.62. The maximum absolute atomic E-state index is 5.81. The van der Waals surface area contributed by atoms with Crippen molar-refractivity contribution < 1.29 is 0 Å². The molecule has 1 heterocycles. The zero-order valence-electron chi connectivity index (χ0n) is 5.64. The van der Waals surface area contributed by atoms with Crippen LogP contribution in [0.2, 0.25) is 0 Å². The molecule has 1 aliphatic carbocycles. The summed E-state index contributed by atoms with van der Waals surface area (Å²) < 4.78 is 0. The van der Waals surface area contributed by atoms with Gasteiger partial charge in [-0.25, -0.2) is 0 Å². The lowest BCUT2D eigenvalue weighted by Crippen LogP contribution is -2.18. The van der Waals surface area contributed by atoms with E-state index in [0.29, 0.717) is 6.04 Å². The van der Waals surface area contributed by atoms with Crippen LogP contribution in [0.3, 0.4) is 0 Å². The van der Waals surface area contributed by atoms with Gasteiger partial charge in [0, 0.05) is 6.04 Å². The quantitative estimate of drug-likeness (QED) is 0.477. The minimum Gasteiger partial charge on any atom is -0.327 e. The van der Waals surface area contributed by atoms with E-state index in [4.69, 9.17) is 5.73 Å². The van der Waals surface area contributed by atoms with Crippen LogP contribution in [0.5, 0.6) is 0 Å². The van der Waals surface area contributed by atoms with Gasteiger partial charge >= 0.3 is 0 Å². The summed E-state index contributed by atoms with van der Waals surface area (Å²) in [4.78, 5) is 0. The predicted octanol–water partition coefficient (Wildman–Crippen LogP) is -0.0569. The van der Waals surface area contributed by atoms with Crippen molar-refractivity contribution in [3.8, 4) is 0 Å². The third-order valence-electron chi connectivity index (χ3n) is 2.71. The number of fused-ring (bicyclic) bond motifs is 1. The van der Waals surface area contributed by atoms with E-state index in [1.807, 2.05) is 0 Å². The second-order valence-corrected chi connectivity index (χ2v) is 3.23. The number of hydrogen-bond acceptors (Lipinski definition) is 2. The molecular weight excluding hydrogens is 112 g/mol. The molecule has 2 fully saturated rings. The second kappa shape index (κ2) is 1.96. The third-order valence-corrected chi connectivity index (χ3v) is 2.71. The molecular formula is C7H14N2. The Morgan fingerprint density at radius 1 is 1.11 bits per heavy atom. The van der Waals surface area contributed by atoms with E-state index >= 15 is 0 Å². The molecule has 0 aromatic rings. The van der Waals surface area contributed by atoms with Crippen molar-refractivity contribution >= 4 is 0 Å². The Balaban J connectivity index is 1.93. The maximum Gasteiger partial charge on any atom is 0.0103 e. The van der Waals surface area contributed by atoms with E-state index in [9.17, 15) is 0 Å². The summed E-state index contributed by atoms with van der Waals surface area (Å²) in [5.74, 6) is 1.75. The Hall–Kier alpha value is -0.0800. The van der Waals surface area contributed by atoms with Crippen molar-refractivity contribution in [2.24, 2.45) is 17.6 Å². The van der Waals surface area contributed by atoms with E-state index in [1.54, 1.807) is 0 Å². The first-order valence-electron chi connectivity index (χ1n) is 3.86. The zero-order chi connectivity index (χ0) is 6.27. The highest BCUT2D eigenvalue weighted by atomic mass is 14.9. The molecule has 52 valence electrons. The van der Waals surface area contributed by atoms with Crippen LogP contribution >= 0.6 is 0 Å². The first kappa shape index (κ1) is 5.69. The van der Waals surface area contributed by atoms with Crippen LogP contribution < -0.4 is 11.1 Å².